The van der Waals surface area contributed by atoms with Crippen molar-refractivity contribution in [1.82, 2.24) is 0 Å². The van der Waals surface area contributed by atoms with Gasteiger partial charge in [0.1, 0.15) is 12.1 Å². The number of hydrogen-bond donors (Lipinski definition) is 1. The van der Waals surface area contributed by atoms with Crippen molar-refractivity contribution in [2.45, 2.75) is 32.2 Å². The van der Waals surface area contributed by atoms with Gasteiger partial charge < -0.3 is 10.1 Å². The molecule has 0 aliphatic heterocycles. The van der Waals surface area contributed by atoms with Crippen LogP contribution in [0.25, 0.3) is 0 Å². The summed E-state index contributed by atoms with van der Waals surface area (Å²) in [6.07, 6.45) is 2.64. The first kappa shape index (κ1) is 14.0. The van der Waals surface area contributed by atoms with E-state index in [2.05, 4.69) is 18.3 Å². The van der Waals surface area contributed by atoms with E-state index in [-0.39, 0.29) is 5.97 Å². The third-order valence-electron chi connectivity index (χ3n) is 2.71. The lowest BCUT2D eigenvalue weighted by Gasteiger charge is -2.18. The zero-order valence-corrected chi connectivity index (χ0v) is 10.8. The van der Waals surface area contributed by atoms with Crippen LogP contribution in [0.2, 0.25) is 0 Å². The first-order chi connectivity index (χ1) is 8.72. The van der Waals surface area contributed by atoms with E-state index >= 15 is 0 Å². The van der Waals surface area contributed by atoms with Gasteiger partial charge in [-0.05, 0) is 18.6 Å². The van der Waals surface area contributed by atoms with Gasteiger partial charge in [-0.1, -0.05) is 31.9 Å². The molecule has 96 valence electrons. The van der Waals surface area contributed by atoms with Crippen LogP contribution in [0.15, 0.2) is 24.3 Å². The topological polar surface area (TPSA) is 62.1 Å². The molecule has 0 bridgehead atoms. The van der Waals surface area contributed by atoms with Gasteiger partial charge in [-0.2, -0.15) is 5.26 Å². The van der Waals surface area contributed by atoms with Gasteiger partial charge >= 0.3 is 5.97 Å². The van der Waals surface area contributed by atoms with Crippen LogP contribution < -0.4 is 5.32 Å². The number of rotatable bonds is 6. The van der Waals surface area contributed by atoms with Crippen molar-refractivity contribution in [2.24, 2.45) is 0 Å². The minimum atomic E-state index is -0.399. The van der Waals surface area contributed by atoms with Crippen LogP contribution in [0.5, 0.6) is 0 Å². The predicted molar refractivity (Wildman–Crippen MR) is 70.1 cm³/mol. The number of nitrogens with zero attached hydrogens (tertiary/aromatic N) is 1. The van der Waals surface area contributed by atoms with E-state index in [4.69, 9.17) is 10.00 Å². The average Bonchev–Trinajstić information content (AvgIpc) is 2.42. The number of carbonyl (C=O) groups excluding carboxylic acids is 1. The molecule has 0 radical (unpaired) electrons. The number of esters is 1. The minimum absolute atomic E-state index is 0.295. The Balaban J connectivity index is 2.82. The quantitative estimate of drug-likeness (QED) is 0.784. The van der Waals surface area contributed by atoms with E-state index in [1.165, 1.54) is 7.11 Å². The highest BCUT2D eigenvalue weighted by Gasteiger charge is 2.19. The smallest absolute Gasteiger partial charge is 0.328 e. The SMILES string of the molecule is CCCCC(Nc1ccccc1C#N)C(=O)OC. The molecule has 0 aliphatic carbocycles. The van der Waals surface area contributed by atoms with Crippen LogP contribution in [-0.2, 0) is 9.53 Å². The van der Waals surface area contributed by atoms with E-state index in [1.54, 1.807) is 18.2 Å². The molecule has 0 aliphatic rings. The van der Waals surface area contributed by atoms with E-state index in [1.807, 2.05) is 6.07 Å². The van der Waals surface area contributed by atoms with Crippen LogP contribution in [0.1, 0.15) is 31.7 Å². The van der Waals surface area contributed by atoms with Crippen LogP contribution in [0, 0.1) is 11.3 Å². The Labute approximate surface area is 108 Å². The summed E-state index contributed by atoms with van der Waals surface area (Å²) in [6, 6.07) is 8.84. The second kappa shape index (κ2) is 7.33. The van der Waals surface area contributed by atoms with Crippen molar-refractivity contribution in [2.75, 3.05) is 12.4 Å². The largest absolute Gasteiger partial charge is 0.467 e. The number of ether oxygens (including phenoxy) is 1. The molecule has 0 saturated carbocycles. The van der Waals surface area contributed by atoms with Crippen LogP contribution >= 0.6 is 0 Å². The number of nitriles is 1. The monoisotopic (exact) mass is 246 g/mol. The van der Waals surface area contributed by atoms with Gasteiger partial charge in [0.15, 0.2) is 0 Å². The van der Waals surface area contributed by atoms with Gasteiger partial charge in [0, 0.05) is 0 Å². The van der Waals surface area contributed by atoms with Gasteiger partial charge in [-0.15, -0.1) is 0 Å². The Morgan fingerprint density at radius 3 is 2.83 bits per heavy atom. The Bertz CT molecular complexity index is 438. The van der Waals surface area contributed by atoms with Crippen LogP contribution in [0.4, 0.5) is 5.69 Å². The number of methoxy groups -OCH3 is 1. The maximum atomic E-state index is 11.7. The minimum Gasteiger partial charge on any atom is -0.467 e. The first-order valence-electron chi connectivity index (χ1n) is 6.06. The Hall–Kier alpha value is -2.02. The number of benzene rings is 1. The van der Waals surface area contributed by atoms with Gasteiger partial charge in [-0.25, -0.2) is 4.79 Å². The summed E-state index contributed by atoms with van der Waals surface area (Å²) in [6.45, 7) is 2.07. The molecule has 1 atom stereocenters. The summed E-state index contributed by atoms with van der Waals surface area (Å²) in [5.74, 6) is -0.295. The van der Waals surface area contributed by atoms with E-state index in [9.17, 15) is 4.79 Å². The number of para-hydroxylation sites is 1. The van der Waals surface area contributed by atoms with Crippen molar-refractivity contribution < 1.29 is 9.53 Å². The summed E-state index contributed by atoms with van der Waals surface area (Å²) < 4.78 is 4.77. The van der Waals surface area contributed by atoms with Crippen molar-refractivity contribution in [3.8, 4) is 6.07 Å². The molecule has 0 amide bonds. The Morgan fingerprint density at radius 1 is 1.50 bits per heavy atom. The molecular formula is C14H18N2O2. The molecule has 0 saturated heterocycles. The molecule has 1 aromatic carbocycles. The summed E-state index contributed by atoms with van der Waals surface area (Å²) in [4.78, 5) is 11.7. The highest BCUT2D eigenvalue weighted by Crippen LogP contribution is 2.17. The predicted octanol–water partition coefficient (Wildman–Crippen LogP) is 2.70. The Kier molecular flexibility index (Phi) is 5.72. The fourth-order valence-corrected chi connectivity index (χ4v) is 1.69. The molecule has 0 fully saturated rings. The molecule has 4 heteroatoms. The molecule has 1 unspecified atom stereocenters. The van der Waals surface area contributed by atoms with Gasteiger partial charge in [0.2, 0.25) is 0 Å². The molecule has 18 heavy (non-hydrogen) atoms. The maximum Gasteiger partial charge on any atom is 0.328 e. The molecule has 0 spiro atoms. The van der Waals surface area contributed by atoms with Crippen LogP contribution in [0.3, 0.4) is 0 Å². The van der Waals surface area contributed by atoms with Crippen molar-refractivity contribution in [3.63, 3.8) is 0 Å². The van der Waals surface area contributed by atoms with Gasteiger partial charge in [0.05, 0.1) is 18.4 Å². The highest BCUT2D eigenvalue weighted by molar-refractivity contribution is 5.79. The molecule has 0 aromatic heterocycles. The number of nitrogens with one attached hydrogen (secondary N) is 1. The third kappa shape index (κ3) is 3.77. The van der Waals surface area contributed by atoms with Crippen LogP contribution in [-0.4, -0.2) is 19.1 Å². The number of unbranched alkanes of at least 4 members (excludes halogenated alkanes) is 1. The number of anilines is 1. The van der Waals surface area contributed by atoms with E-state index < -0.39 is 6.04 Å². The molecular weight excluding hydrogens is 228 g/mol. The van der Waals surface area contributed by atoms with Crippen molar-refractivity contribution in [3.05, 3.63) is 29.8 Å². The second-order valence-electron chi connectivity index (χ2n) is 4.02. The summed E-state index contributed by atoms with van der Waals surface area (Å²) in [7, 11) is 1.37. The lowest BCUT2D eigenvalue weighted by molar-refractivity contribution is -0.141. The standard InChI is InChI=1S/C14H18N2O2/c1-3-4-8-13(14(17)18-2)16-12-9-6-5-7-11(12)10-15/h5-7,9,13,16H,3-4,8H2,1-2H3. The number of carbonyl (C=O) groups is 1. The lowest BCUT2D eigenvalue weighted by atomic mass is 10.1. The fraction of sp³-hybridized carbons (Fsp3) is 0.429. The molecule has 1 N–H and O–H groups in total. The number of hydrogen-bond acceptors (Lipinski definition) is 4. The highest BCUT2D eigenvalue weighted by atomic mass is 16.5. The van der Waals surface area contributed by atoms with Gasteiger partial charge in [0.25, 0.3) is 0 Å². The zero-order chi connectivity index (χ0) is 13.4. The van der Waals surface area contributed by atoms with Crippen molar-refractivity contribution in [1.29, 1.82) is 5.26 Å². The summed E-state index contributed by atoms with van der Waals surface area (Å²) >= 11 is 0. The average molecular weight is 246 g/mol. The zero-order valence-electron chi connectivity index (χ0n) is 10.8. The molecule has 4 nitrogen and oxygen atoms in total. The Morgan fingerprint density at radius 2 is 2.22 bits per heavy atom. The molecule has 1 rings (SSSR count). The summed E-state index contributed by atoms with van der Waals surface area (Å²) in [5.41, 5.74) is 1.20. The normalized spacial score (nSPS) is 11.4. The fourth-order valence-electron chi connectivity index (χ4n) is 1.69. The molecule has 0 heterocycles. The third-order valence-corrected chi connectivity index (χ3v) is 2.71. The van der Waals surface area contributed by atoms with Gasteiger partial charge in [-0.3, -0.25) is 0 Å². The maximum absolute atomic E-state index is 11.7. The van der Waals surface area contributed by atoms with Crippen molar-refractivity contribution >= 4 is 11.7 Å². The second-order valence-corrected chi connectivity index (χ2v) is 4.02. The first-order valence-corrected chi connectivity index (χ1v) is 6.06. The van der Waals surface area contributed by atoms with E-state index in [0.29, 0.717) is 17.7 Å². The lowest BCUT2D eigenvalue weighted by Crippen LogP contribution is -2.30. The van der Waals surface area contributed by atoms with E-state index in [0.717, 1.165) is 12.8 Å². The molecule has 1 aromatic rings. The summed E-state index contributed by atoms with van der Waals surface area (Å²) in [5, 5.41) is 12.1.